The van der Waals surface area contributed by atoms with E-state index in [-0.39, 0.29) is 17.7 Å². The topological polar surface area (TPSA) is 40.6 Å². The summed E-state index contributed by atoms with van der Waals surface area (Å²) in [6, 6.07) is 0.284. The van der Waals surface area contributed by atoms with Crippen LogP contribution >= 0.6 is 0 Å². The van der Waals surface area contributed by atoms with Crippen molar-refractivity contribution in [3.63, 3.8) is 0 Å². The highest BCUT2D eigenvalue weighted by Crippen LogP contribution is 2.20. The molecular weight excluding hydrogens is 204 g/mol. The van der Waals surface area contributed by atoms with Gasteiger partial charge in [-0.3, -0.25) is 14.5 Å². The number of likely N-dealkylation sites (tertiary alicyclic amines) is 1. The van der Waals surface area contributed by atoms with Crippen LogP contribution in [0.4, 0.5) is 0 Å². The number of carbonyl (C=O) groups is 2. The zero-order valence-corrected chi connectivity index (χ0v) is 10.5. The lowest BCUT2D eigenvalue weighted by atomic mass is 10.1. The molecule has 0 bridgehead atoms. The number of likely N-dealkylation sites (N-methyl/N-ethyl adjacent to an activating group) is 1. The second kappa shape index (κ2) is 5.99. The molecule has 1 heterocycles. The van der Waals surface area contributed by atoms with E-state index in [1.807, 2.05) is 14.0 Å². The molecule has 4 nitrogen and oxygen atoms in total. The summed E-state index contributed by atoms with van der Waals surface area (Å²) in [5.74, 6) is 0.367. The van der Waals surface area contributed by atoms with E-state index >= 15 is 0 Å². The lowest BCUT2D eigenvalue weighted by Gasteiger charge is -2.25. The summed E-state index contributed by atoms with van der Waals surface area (Å²) in [5.41, 5.74) is 0. The maximum atomic E-state index is 11.8. The Morgan fingerprint density at radius 3 is 2.69 bits per heavy atom. The maximum absolute atomic E-state index is 11.8. The van der Waals surface area contributed by atoms with Crippen molar-refractivity contribution in [2.75, 3.05) is 26.7 Å². The van der Waals surface area contributed by atoms with Gasteiger partial charge >= 0.3 is 0 Å². The van der Waals surface area contributed by atoms with Crippen LogP contribution in [0.2, 0.25) is 0 Å². The second-order valence-corrected chi connectivity index (χ2v) is 4.58. The minimum absolute atomic E-state index is 0.151. The highest BCUT2D eigenvalue weighted by Gasteiger charge is 2.27. The summed E-state index contributed by atoms with van der Waals surface area (Å²) in [7, 11) is 1.82. The molecule has 1 atom stereocenters. The molecule has 1 fully saturated rings. The van der Waals surface area contributed by atoms with Crippen LogP contribution in [0.1, 0.15) is 33.1 Å². The standard InChI is InChI=1S/C12H22N2O2/c1-4-13(3)12(16)9-14-7-5-6-11(14)8-10(2)15/h11H,4-9H2,1-3H3. The fourth-order valence-electron chi connectivity index (χ4n) is 2.14. The third kappa shape index (κ3) is 3.59. The van der Waals surface area contributed by atoms with Crippen molar-refractivity contribution in [3.8, 4) is 0 Å². The highest BCUT2D eigenvalue weighted by atomic mass is 16.2. The molecule has 0 aromatic carbocycles. The third-order valence-corrected chi connectivity index (χ3v) is 3.26. The van der Waals surface area contributed by atoms with Gasteiger partial charge in [-0.25, -0.2) is 0 Å². The molecule has 0 radical (unpaired) electrons. The van der Waals surface area contributed by atoms with Gasteiger partial charge in [0.05, 0.1) is 6.54 Å². The largest absolute Gasteiger partial charge is 0.345 e. The molecule has 16 heavy (non-hydrogen) atoms. The van der Waals surface area contributed by atoms with E-state index in [0.717, 1.165) is 25.9 Å². The van der Waals surface area contributed by atoms with Gasteiger partial charge < -0.3 is 4.90 Å². The Kier molecular flexibility index (Phi) is 4.93. The Morgan fingerprint density at radius 1 is 1.44 bits per heavy atom. The fraction of sp³-hybridized carbons (Fsp3) is 0.833. The number of hydrogen-bond donors (Lipinski definition) is 0. The van der Waals surface area contributed by atoms with E-state index in [4.69, 9.17) is 0 Å². The summed E-state index contributed by atoms with van der Waals surface area (Å²) in [4.78, 5) is 26.7. The van der Waals surface area contributed by atoms with E-state index < -0.39 is 0 Å². The van der Waals surface area contributed by atoms with Crippen LogP contribution in [0.5, 0.6) is 0 Å². The van der Waals surface area contributed by atoms with Gasteiger partial charge in [0.1, 0.15) is 5.78 Å². The predicted molar refractivity (Wildman–Crippen MR) is 63.2 cm³/mol. The molecule has 0 aliphatic carbocycles. The summed E-state index contributed by atoms with van der Waals surface area (Å²) in [6.45, 7) is 5.74. The monoisotopic (exact) mass is 226 g/mol. The van der Waals surface area contributed by atoms with E-state index in [2.05, 4.69) is 4.90 Å². The summed E-state index contributed by atoms with van der Waals surface area (Å²) >= 11 is 0. The molecule has 4 heteroatoms. The van der Waals surface area contributed by atoms with Crippen molar-refractivity contribution < 1.29 is 9.59 Å². The summed E-state index contributed by atoms with van der Waals surface area (Å²) in [5, 5.41) is 0. The molecule has 0 aromatic heterocycles. The number of ketones is 1. The minimum Gasteiger partial charge on any atom is -0.345 e. The highest BCUT2D eigenvalue weighted by molar-refractivity contribution is 5.78. The Hall–Kier alpha value is -0.900. The number of hydrogen-bond acceptors (Lipinski definition) is 3. The third-order valence-electron chi connectivity index (χ3n) is 3.26. The van der Waals surface area contributed by atoms with Crippen LogP contribution < -0.4 is 0 Å². The zero-order chi connectivity index (χ0) is 12.1. The van der Waals surface area contributed by atoms with Crippen LogP contribution in [0, 0.1) is 0 Å². The van der Waals surface area contributed by atoms with Crippen LogP contribution in [-0.4, -0.2) is 54.2 Å². The van der Waals surface area contributed by atoms with Crippen molar-refractivity contribution in [2.45, 2.75) is 39.2 Å². The Bertz CT molecular complexity index is 266. The lowest BCUT2D eigenvalue weighted by Crippen LogP contribution is -2.41. The first-order valence-electron chi connectivity index (χ1n) is 6.02. The van der Waals surface area contributed by atoms with Gasteiger partial charge in [-0.2, -0.15) is 0 Å². The number of amides is 1. The smallest absolute Gasteiger partial charge is 0.236 e. The fourth-order valence-corrected chi connectivity index (χ4v) is 2.14. The van der Waals surface area contributed by atoms with Gasteiger partial charge in [-0.15, -0.1) is 0 Å². The molecule has 0 aromatic rings. The van der Waals surface area contributed by atoms with E-state index in [0.29, 0.717) is 13.0 Å². The first-order valence-corrected chi connectivity index (χ1v) is 6.02. The summed E-state index contributed by atoms with van der Waals surface area (Å²) < 4.78 is 0. The number of rotatable bonds is 5. The zero-order valence-electron chi connectivity index (χ0n) is 10.5. The lowest BCUT2D eigenvalue weighted by molar-refractivity contribution is -0.131. The average molecular weight is 226 g/mol. The van der Waals surface area contributed by atoms with Gasteiger partial charge in [-0.1, -0.05) is 0 Å². The van der Waals surface area contributed by atoms with Gasteiger partial charge in [0.15, 0.2) is 0 Å². The van der Waals surface area contributed by atoms with Gasteiger partial charge in [0.2, 0.25) is 5.91 Å². The Morgan fingerprint density at radius 2 is 2.12 bits per heavy atom. The molecule has 1 saturated heterocycles. The maximum Gasteiger partial charge on any atom is 0.236 e. The molecule has 1 rings (SSSR count). The first kappa shape index (κ1) is 13.2. The molecule has 92 valence electrons. The number of Topliss-reactive ketones (excluding diaryl/α,β-unsaturated/α-hetero) is 1. The number of nitrogens with zero attached hydrogens (tertiary/aromatic N) is 2. The predicted octanol–water partition coefficient (Wildman–Crippen LogP) is 0.908. The second-order valence-electron chi connectivity index (χ2n) is 4.58. The van der Waals surface area contributed by atoms with Crippen molar-refractivity contribution in [3.05, 3.63) is 0 Å². The summed E-state index contributed by atoms with van der Waals surface area (Å²) in [6.07, 6.45) is 2.73. The molecule has 1 amide bonds. The van der Waals surface area contributed by atoms with Crippen LogP contribution in [0.3, 0.4) is 0 Å². The first-order chi connectivity index (χ1) is 7.54. The number of carbonyl (C=O) groups excluding carboxylic acids is 2. The quantitative estimate of drug-likeness (QED) is 0.699. The van der Waals surface area contributed by atoms with E-state index in [9.17, 15) is 9.59 Å². The van der Waals surface area contributed by atoms with Gasteiger partial charge in [-0.05, 0) is 33.2 Å². The molecule has 0 N–H and O–H groups in total. The molecular formula is C12H22N2O2. The molecule has 0 saturated carbocycles. The molecule has 1 aliphatic rings. The SMILES string of the molecule is CCN(C)C(=O)CN1CCCC1CC(C)=O. The molecule has 1 aliphatic heterocycles. The van der Waals surface area contributed by atoms with E-state index in [1.165, 1.54) is 0 Å². The van der Waals surface area contributed by atoms with Crippen molar-refractivity contribution in [1.29, 1.82) is 0 Å². The molecule has 0 spiro atoms. The van der Waals surface area contributed by atoms with Crippen LogP contribution in [-0.2, 0) is 9.59 Å². The van der Waals surface area contributed by atoms with Crippen LogP contribution in [0.25, 0.3) is 0 Å². The molecule has 1 unspecified atom stereocenters. The van der Waals surface area contributed by atoms with E-state index in [1.54, 1.807) is 11.8 Å². The van der Waals surface area contributed by atoms with Gasteiger partial charge in [0, 0.05) is 26.1 Å². The minimum atomic E-state index is 0.151. The van der Waals surface area contributed by atoms with Gasteiger partial charge in [0.25, 0.3) is 0 Å². The Balaban J connectivity index is 2.46. The Labute approximate surface area is 97.6 Å². The van der Waals surface area contributed by atoms with Crippen LogP contribution in [0.15, 0.2) is 0 Å². The van der Waals surface area contributed by atoms with Crippen molar-refractivity contribution in [2.24, 2.45) is 0 Å². The average Bonchev–Trinajstić information content (AvgIpc) is 2.63. The van der Waals surface area contributed by atoms with Crippen molar-refractivity contribution >= 4 is 11.7 Å². The normalized spacial score (nSPS) is 21.1. The van der Waals surface area contributed by atoms with Crippen molar-refractivity contribution in [1.82, 2.24) is 9.80 Å².